The molecule has 3 aromatic rings. The first-order valence-electron chi connectivity index (χ1n) is 9.49. The molecule has 1 atom stereocenters. The molecule has 1 amide bonds. The fraction of sp³-hybridized carbons (Fsp3) is 0.318. The monoisotopic (exact) mass is 384 g/mol. The molecule has 4 rings (SSSR count). The summed E-state index contributed by atoms with van der Waals surface area (Å²) in [6.45, 7) is 2.93. The van der Waals surface area contributed by atoms with Crippen molar-refractivity contribution in [2.24, 2.45) is 0 Å². The summed E-state index contributed by atoms with van der Waals surface area (Å²) in [6, 6.07) is 11.5. The van der Waals surface area contributed by atoms with Crippen molar-refractivity contribution in [3.8, 4) is 5.75 Å². The average molecular weight is 384 g/mol. The van der Waals surface area contributed by atoms with Crippen molar-refractivity contribution in [1.82, 2.24) is 9.88 Å². The molecule has 1 aromatic heterocycles. The van der Waals surface area contributed by atoms with Crippen LogP contribution in [-0.4, -0.2) is 35.0 Å². The lowest BCUT2D eigenvalue weighted by atomic mass is 9.89. The summed E-state index contributed by atoms with van der Waals surface area (Å²) in [6.07, 6.45) is 3.08. The Morgan fingerprint density at radius 2 is 1.89 bits per heavy atom. The standard InChI is InChI=1S/C22H22F2N2O2/c1-14(28-16-6-7-19(23)20(24)12-16)22(27)26-10-8-15(9-11-26)18-13-25-21-5-3-2-4-17(18)21/h2-7,12-15,25H,8-11H2,1H3. The first-order valence-corrected chi connectivity index (χ1v) is 9.49. The number of para-hydroxylation sites is 1. The van der Waals surface area contributed by atoms with Gasteiger partial charge in [-0.05, 0) is 49.4 Å². The van der Waals surface area contributed by atoms with Crippen LogP contribution in [0, 0.1) is 11.6 Å². The van der Waals surface area contributed by atoms with Crippen LogP contribution in [0.15, 0.2) is 48.7 Å². The van der Waals surface area contributed by atoms with Crippen molar-refractivity contribution in [3.63, 3.8) is 0 Å². The van der Waals surface area contributed by atoms with E-state index in [4.69, 9.17) is 4.74 Å². The quantitative estimate of drug-likeness (QED) is 0.713. The molecular weight excluding hydrogens is 362 g/mol. The number of carbonyl (C=O) groups is 1. The summed E-state index contributed by atoms with van der Waals surface area (Å²) in [5.74, 6) is -1.51. The number of nitrogens with one attached hydrogen (secondary N) is 1. The highest BCUT2D eigenvalue weighted by molar-refractivity contribution is 5.84. The van der Waals surface area contributed by atoms with Crippen LogP contribution in [-0.2, 0) is 4.79 Å². The maximum absolute atomic E-state index is 13.3. The first-order chi connectivity index (χ1) is 13.5. The Hall–Kier alpha value is -2.89. The summed E-state index contributed by atoms with van der Waals surface area (Å²) in [7, 11) is 0. The van der Waals surface area contributed by atoms with Gasteiger partial charge < -0.3 is 14.6 Å². The third-order valence-electron chi connectivity index (χ3n) is 5.42. The molecule has 2 aromatic carbocycles. The molecule has 1 aliphatic rings. The van der Waals surface area contributed by atoms with Crippen molar-refractivity contribution < 1.29 is 18.3 Å². The lowest BCUT2D eigenvalue weighted by Crippen LogP contribution is -2.44. The van der Waals surface area contributed by atoms with Crippen LogP contribution >= 0.6 is 0 Å². The Bertz CT molecular complexity index is 993. The molecule has 0 bridgehead atoms. The minimum Gasteiger partial charge on any atom is -0.481 e. The number of piperidine rings is 1. The molecule has 0 aliphatic carbocycles. The number of nitrogens with zero attached hydrogens (tertiary/aromatic N) is 1. The van der Waals surface area contributed by atoms with Crippen LogP contribution in [0.5, 0.6) is 5.75 Å². The molecule has 1 aliphatic heterocycles. The number of likely N-dealkylation sites (tertiary alicyclic amines) is 1. The number of amides is 1. The third-order valence-corrected chi connectivity index (χ3v) is 5.42. The Morgan fingerprint density at radius 3 is 2.64 bits per heavy atom. The number of hydrogen-bond acceptors (Lipinski definition) is 2. The predicted molar refractivity (Wildman–Crippen MR) is 103 cm³/mol. The molecule has 0 saturated carbocycles. The van der Waals surface area contributed by atoms with Gasteiger partial charge in [-0.1, -0.05) is 18.2 Å². The van der Waals surface area contributed by atoms with E-state index in [2.05, 4.69) is 23.3 Å². The van der Waals surface area contributed by atoms with Gasteiger partial charge >= 0.3 is 0 Å². The van der Waals surface area contributed by atoms with Crippen LogP contribution in [0.3, 0.4) is 0 Å². The third kappa shape index (κ3) is 3.59. The number of fused-ring (bicyclic) bond motifs is 1. The molecule has 1 unspecified atom stereocenters. The summed E-state index contributed by atoms with van der Waals surface area (Å²) < 4.78 is 31.9. The number of ether oxygens (including phenoxy) is 1. The van der Waals surface area contributed by atoms with Crippen molar-refractivity contribution in [2.45, 2.75) is 31.8 Å². The summed E-state index contributed by atoms with van der Waals surface area (Å²) in [4.78, 5) is 17.8. The lowest BCUT2D eigenvalue weighted by molar-refractivity contribution is -0.139. The van der Waals surface area contributed by atoms with Gasteiger partial charge in [0.25, 0.3) is 5.91 Å². The molecular formula is C22H22F2N2O2. The minimum absolute atomic E-state index is 0.137. The largest absolute Gasteiger partial charge is 0.481 e. The van der Waals surface area contributed by atoms with Crippen LogP contribution in [0.25, 0.3) is 10.9 Å². The normalized spacial score (nSPS) is 16.3. The highest BCUT2D eigenvalue weighted by Crippen LogP contribution is 2.33. The van der Waals surface area contributed by atoms with E-state index >= 15 is 0 Å². The molecule has 1 N–H and O–H groups in total. The van der Waals surface area contributed by atoms with Gasteiger partial charge in [0.15, 0.2) is 17.7 Å². The number of H-pyrrole nitrogens is 1. The van der Waals surface area contributed by atoms with E-state index in [9.17, 15) is 13.6 Å². The maximum Gasteiger partial charge on any atom is 0.263 e. The van der Waals surface area contributed by atoms with E-state index < -0.39 is 17.7 Å². The second-order valence-electron chi connectivity index (χ2n) is 7.23. The highest BCUT2D eigenvalue weighted by Gasteiger charge is 2.28. The van der Waals surface area contributed by atoms with Crippen LogP contribution in [0.1, 0.15) is 31.2 Å². The Morgan fingerprint density at radius 1 is 1.14 bits per heavy atom. The highest BCUT2D eigenvalue weighted by atomic mass is 19.2. The number of rotatable bonds is 4. The second kappa shape index (κ2) is 7.62. The molecule has 1 fully saturated rings. The summed E-state index contributed by atoms with van der Waals surface area (Å²) in [5.41, 5.74) is 2.43. The number of carbonyl (C=O) groups excluding carboxylic acids is 1. The van der Waals surface area contributed by atoms with Gasteiger partial charge in [-0.2, -0.15) is 0 Å². The molecule has 2 heterocycles. The molecule has 146 valence electrons. The van der Waals surface area contributed by atoms with E-state index in [1.165, 1.54) is 17.0 Å². The van der Waals surface area contributed by atoms with Crippen molar-refractivity contribution in [2.75, 3.05) is 13.1 Å². The number of aromatic nitrogens is 1. The van der Waals surface area contributed by atoms with E-state index in [-0.39, 0.29) is 11.7 Å². The fourth-order valence-corrected chi connectivity index (χ4v) is 3.90. The van der Waals surface area contributed by atoms with Gasteiger partial charge in [-0.15, -0.1) is 0 Å². The van der Waals surface area contributed by atoms with Crippen LogP contribution in [0.4, 0.5) is 8.78 Å². The molecule has 0 spiro atoms. The van der Waals surface area contributed by atoms with E-state index in [1.807, 2.05) is 12.1 Å². The molecule has 6 heteroatoms. The summed E-state index contributed by atoms with van der Waals surface area (Å²) in [5, 5.41) is 1.24. The maximum atomic E-state index is 13.3. The molecule has 28 heavy (non-hydrogen) atoms. The van der Waals surface area contributed by atoms with E-state index in [0.717, 1.165) is 30.5 Å². The van der Waals surface area contributed by atoms with Crippen LogP contribution < -0.4 is 4.74 Å². The molecule has 4 nitrogen and oxygen atoms in total. The first kappa shape index (κ1) is 18.5. The van der Waals surface area contributed by atoms with Crippen molar-refractivity contribution in [1.29, 1.82) is 0 Å². The zero-order chi connectivity index (χ0) is 19.7. The van der Waals surface area contributed by atoms with Crippen molar-refractivity contribution >= 4 is 16.8 Å². The number of hydrogen-bond donors (Lipinski definition) is 1. The average Bonchev–Trinajstić information content (AvgIpc) is 3.14. The molecule has 1 saturated heterocycles. The van der Waals surface area contributed by atoms with Gasteiger partial charge in [0, 0.05) is 36.3 Å². The molecule has 0 radical (unpaired) electrons. The smallest absolute Gasteiger partial charge is 0.263 e. The summed E-state index contributed by atoms with van der Waals surface area (Å²) >= 11 is 0. The fourth-order valence-electron chi connectivity index (χ4n) is 3.90. The van der Waals surface area contributed by atoms with E-state index in [1.54, 1.807) is 11.8 Å². The second-order valence-corrected chi connectivity index (χ2v) is 7.23. The SMILES string of the molecule is CC(Oc1ccc(F)c(F)c1)C(=O)N1CCC(c2c[nH]c3ccccc23)CC1. The van der Waals surface area contributed by atoms with Gasteiger partial charge in [0.05, 0.1) is 0 Å². The number of halogens is 2. The topological polar surface area (TPSA) is 45.3 Å². The minimum atomic E-state index is -0.989. The van der Waals surface area contributed by atoms with Gasteiger partial charge in [-0.25, -0.2) is 8.78 Å². The Kier molecular flexibility index (Phi) is 5.03. The Balaban J connectivity index is 1.37. The number of benzene rings is 2. The van der Waals surface area contributed by atoms with Gasteiger partial charge in [0.2, 0.25) is 0 Å². The van der Waals surface area contributed by atoms with E-state index in [0.29, 0.717) is 19.0 Å². The van der Waals surface area contributed by atoms with Crippen molar-refractivity contribution in [3.05, 3.63) is 65.9 Å². The number of aromatic amines is 1. The predicted octanol–water partition coefficient (Wildman–Crippen LogP) is 4.62. The zero-order valence-corrected chi connectivity index (χ0v) is 15.6. The zero-order valence-electron chi connectivity index (χ0n) is 15.6. The van der Waals surface area contributed by atoms with Gasteiger partial charge in [-0.3, -0.25) is 4.79 Å². The van der Waals surface area contributed by atoms with Crippen LogP contribution in [0.2, 0.25) is 0 Å². The van der Waals surface area contributed by atoms with Gasteiger partial charge in [0.1, 0.15) is 5.75 Å². The lowest BCUT2D eigenvalue weighted by Gasteiger charge is -2.33. The Labute approximate surface area is 162 Å².